The second-order valence-electron chi connectivity index (χ2n) is 7.74. The number of piperidine rings is 2. The molecule has 0 unspecified atom stereocenters. The van der Waals surface area contributed by atoms with Gasteiger partial charge in [0.15, 0.2) is 0 Å². The molecule has 3 rings (SSSR count). The van der Waals surface area contributed by atoms with Crippen molar-refractivity contribution in [2.24, 2.45) is 5.92 Å². The molecule has 0 saturated carbocycles. The first kappa shape index (κ1) is 20.0. The van der Waals surface area contributed by atoms with Gasteiger partial charge in [-0.3, -0.25) is 9.69 Å². The highest BCUT2D eigenvalue weighted by atomic mass is 16.5. The Kier molecular flexibility index (Phi) is 7.01. The van der Waals surface area contributed by atoms with E-state index >= 15 is 0 Å². The summed E-state index contributed by atoms with van der Waals surface area (Å²) in [6, 6.07) is 0.569. The second-order valence-corrected chi connectivity index (χ2v) is 7.74. The average molecular weight is 376 g/mol. The zero-order chi connectivity index (χ0) is 19.2. The molecular weight excluding hydrogens is 342 g/mol. The Balaban J connectivity index is 1.51. The molecule has 1 aromatic heterocycles. The third kappa shape index (κ3) is 4.96. The fourth-order valence-electron chi connectivity index (χ4n) is 4.26. The molecule has 7 heteroatoms. The van der Waals surface area contributed by atoms with Crippen molar-refractivity contribution in [2.75, 3.05) is 51.3 Å². The molecule has 1 aromatic rings. The minimum absolute atomic E-state index is 0.111. The molecule has 1 atom stereocenters. The molecule has 2 aliphatic heterocycles. The Morgan fingerprint density at radius 2 is 2.00 bits per heavy atom. The smallest absolute Gasteiger partial charge is 0.224 e. The standard InChI is InChI=1S/C20H33N5O2/c1-15-16(2)22-14-23-19(15)24-10-6-18(7-11-24)25-9-4-5-17(13-25)20(26)21-8-12-27-3/h14,17-18H,4-13H2,1-3H3,(H,21,26)/t17-/m1/s1. The van der Waals surface area contributed by atoms with Gasteiger partial charge in [0.1, 0.15) is 12.1 Å². The minimum atomic E-state index is 0.111. The number of nitrogens with zero attached hydrogens (tertiary/aromatic N) is 4. The molecule has 2 aliphatic rings. The lowest BCUT2D eigenvalue weighted by Gasteiger charge is -2.42. The topological polar surface area (TPSA) is 70.6 Å². The number of aryl methyl sites for hydroxylation is 1. The van der Waals surface area contributed by atoms with Crippen LogP contribution in [0.3, 0.4) is 0 Å². The number of methoxy groups -OCH3 is 1. The zero-order valence-electron chi connectivity index (χ0n) is 16.9. The summed E-state index contributed by atoms with van der Waals surface area (Å²) in [6.45, 7) is 9.34. The van der Waals surface area contributed by atoms with Gasteiger partial charge in [-0.2, -0.15) is 0 Å². The fourth-order valence-corrected chi connectivity index (χ4v) is 4.26. The summed E-state index contributed by atoms with van der Waals surface area (Å²) in [5.41, 5.74) is 2.24. The van der Waals surface area contributed by atoms with Gasteiger partial charge in [-0.05, 0) is 46.1 Å². The molecular formula is C20H33N5O2. The van der Waals surface area contributed by atoms with Crippen LogP contribution in [0.2, 0.25) is 0 Å². The van der Waals surface area contributed by atoms with Gasteiger partial charge in [-0.25, -0.2) is 9.97 Å². The Morgan fingerprint density at radius 3 is 2.74 bits per heavy atom. The number of carbonyl (C=O) groups excluding carboxylic acids is 1. The van der Waals surface area contributed by atoms with Crippen LogP contribution in [0.5, 0.6) is 0 Å². The van der Waals surface area contributed by atoms with Crippen molar-refractivity contribution in [3.05, 3.63) is 17.6 Å². The van der Waals surface area contributed by atoms with E-state index in [0.717, 1.165) is 63.4 Å². The summed E-state index contributed by atoms with van der Waals surface area (Å²) in [4.78, 5) is 26.1. The predicted molar refractivity (Wildman–Crippen MR) is 106 cm³/mol. The quantitative estimate of drug-likeness (QED) is 0.761. The number of carbonyl (C=O) groups is 1. The van der Waals surface area contributed by atoms with E-state index in [1.807, 2.05) is 6.92 Å². The van der Waals surface area contributed by atoms with E-state index in [4.69, 9.17) is 4.74 Å². The lowest BCUT2D eigenvalue weighted by atomic mass is 9.93. The maximum absolute atomic E-state index is 12.4. The molecule has 150 valence electrons. The van der Waals surface area contributed by atoms with Crippen molar-refractivity contribution in [3.8, 4) is 0 Å². The van der Waals surface area contributed by atoms with Crippen molar-refractivity contribution in [2.45, 2.75) is 45.6 Å². The normalized spacial score (nSPS) is 22.0. The van der Waals surface area contributed by atoms with Crippen LogP contribution in [0.25, 0.3) is 0 Å². The molecule has 27 heavy (non-hydrogen) atoms. The lowest BCUT2D eigenvalue weighted by Crippen LogP contribution is -2.51. The molecule has 2 fully saturated rings. The summed E-state index contributed by atoms with van der Waals surface area (Å²) >= 11 is 0. The molecule has 0 aromatic carbocycles. The average Bonchev–Trinajstić information content (AvgIpc) is 2.70. The van der Waals surface area contributed by atoms with E-state index in [-0.39, 0.29) is 11.8 Å². The van der Waals surface area contributed by atoms with Gasteiger partial charge in [-0.15, -0.1) is 0 Å². The van der Waals surface area contributed by atoms with E-state index in [2.05, 4.69) is 32.0 Å². The van der Waals surface area contributed by atoms with E-state index < -0.39 is 0 Å². The summed E-state index contributed by atoms with van der Waals surface area (Å²) in [5.74, 6) is 1.37. The molecule has 0 bridgehead atoms. The highest BCUT2D eigenvalue weighted by Gasteiger charge is 2.32. The first-order valence-corrected chi connectivity index (χ1v) is 10.1. The van der Waals surface area contributed by atoms with Crippen LogP contribution in [0.1, 0.15) is 36.9 Å². The van der Waals surface area contributed by atoms with Crippen molar-refractivity contribution in [3.63, 3.8) is 0 Å². The van der Waals surface area contributed by atoms with Gasteiger partial charge in [0.2, 0.25) is 5.91 Å². The van der Waals surface area contributed by atoms with Crippen molar-refractivity contribution in [1.82, 2.24) is 20.2 Å². The molecule has 1 N–H and O–H groups in total. The third-order valence-corrected chi connectivity index (χ3v) is 6.02. The SMILES string of the molecule is COCCNC(=O)[C@@H]1CCCN(C2CCN(c3ncnc(C)c3C)CC2)C1. The fraction of sp³-hybridized carbons (Fsp3) is 0.750. The number of aromatic nitrogens is 2. The first-order chi connectivity index (χ1) is 13.1. The van der Waals surface area contributed by atoms with Crippen LogP contribution in [0, 0.1) is 19.8 Å². The number of likely N-dealkylation sites (tertiary alicyclic amines) is 1. The Bertz CT molecular complexity index is 631. The molecule has 1 amide bonds. The van der Waals surface area contributed by atoms with Crippen LogP contribution in [0.15, 0.2) is 6.33 Å². The van der Waals surface area contributed by atoms with Gasteiger partial charge in [0.25, 0.3) is 0 Å². The van der Waals surface area contributed by atoms with Gasteiger partial charge in [0.05, 0.1) is 12.5 Å². The summed E-state index contributed by atoms with van der Waals surface area (Å²) in [5, 5.41) is 3.00. The second kappa shape index (κ2) is 9.46. The van der Waals surface area contributed by atoms with Crippen LogP contribution >= 0.6 is 0 Å². The molecule has 7 nitrogen and oxygen atoms in total. The van der Waals surface area contributed by atoms with E-state index in [1.54, 1.807) is 13.4 Å². The number of hydrogen-bond acceptors (Lipinski definition) is 6. The molecule has 0 spiro atoms. The number of nitrogens with one attached hydrogen (secondary N) is 1. The van der Waals surface area contributed by atoms with Crippen LogP contribution in [-0.4, -0.2) is 73.3 Å². The Morgan fingerprint density at radius 1 is 1.22 bits per heavy atom. The van der Waals surface area contributed by atoms with Crippen LogP contribution in [-0.2, 0) is 9.53 Å². The van der Waals surface area contributed by atoms with Gasteiger partial charge < -0.3 is 15.0 Å². The van der Waals surface area contributed by atoms with Crippen LogP contribution in [0.4, 0.5) is 5.82 Å². The number of anilines is 1. The van der Waals surface area contributed by atoms with Gasteiger partial charge in [0, 0.05) is 50.6 Å². The maximum atomic E-state index is 12.4. The largest absolute Gasteiger partial charge is 0.383 e. The maximum Gasteiger partial charge on any atom is 0.224 e. The third-order valence-electron chi connectivity index (χ3n) is 6.02. The van der Waals surface area contributed by atoms with E-state index in [1.165, 1.54) is 5.56 Å². The zero-order valence-corrected chi connectivity index (χ0v) is 16.9. The monoisotopic (exact) mass is 375 g/mol. The summed E-state index contributed by atoms with van der Waals surface area (Å²) in [6.07, 6.45) is 6.02. The van der Waals surface area contributed by atoms with E-state index in [9.17, 15) is 4.79 Å². The molecule has 2 saturated heterocycles. The highest BCUT2D eigenvalue weighted by molar-refractivity contribution is 5.78. The minimum Gasteiger partial charge on any atom is -0.383 e. The molecule has 0 radical (unpaired) electrons. The van der Waals surface area contributed by atoms with Gasteiger partial charge in [-0.1, -0.05) is 0 Å². The lowest BCUT2D eigenvalue weighted by molar-refractivity contribution is -0.127. The predicted octanol–water partition coefficient (Wildman–Crippen LogP) is 1.54. The van der Waals surface area contributed by atoms with Crippen molar-refractivity contribution >= 4 is 11.7 Å². The number of rotatable bonds is 6. The number of ether oxygens (including phenoxy) is 1. The molecule has 3 heterocycles. The van der Waals surface area contributed by atoms with Gasteiger partial charge >= 0.3 is 0 Å². The summed E-state index contributed by atoms with van der Waals surface area (Å²) in [7, 11) is 1.66. The summed E-state index contributed by atoms with van der Waals surface area (Å²) < 4.78 is 5.02. The highest BCUT2D eigenvalue weighted by Crippen LogP contribution is 2.27. The number of hydrogen-bond donors (Lipinski definition) is 1. The van der Waals surface area contributed by atoms with Crippen LogP contribution < -0.4 is 10.2 Å². The Hall–Kier alpha value is -1.73. The van der Waals surface area contributed by atoms with Crippen molar-refractivity contribution in [1.29, 1.82) is 0 Å². The Labute approximate surface area is 162 Å². The molecule has 0 aliphatic carbocycles. The van der Waals surface area contributed by atoms with E-state index in [0.29, 0.717) is 19.2 Å². The number of amides is 1. The van der Waals surface area contributed by atoms with Crippen molar-refractivity contribution < 1.29 is 9.53 Å². The first-order valence-electron chi connectivity index (χ1n) is 10.1.